The summed E-state index contributed by atoms with van der Waals surface area (Å²) in [5, 5.41) is 3.43. The number of benzene rings is 1. The molecule has 3 heterocycles. The Morgan fingerprint density at radius 1 is 1.24 bits per heavy atom. The number of aliphatic imine (C=N–C) groups is 1. The van der Waals surface area contributed by atoms with E-state index >= 15 is 0 Å². The molecular weight excluding hydrogens is 314 g/mol. The molecule has 0 aromatic heterocycles. The molecule has 25 heavy (non-hydrogen) atoms. The molecule has 1 unspecified atom stereocenters. The summed E-state index contributed by atoms with van der Waals surface area (Å²) < 4.78 is 5.23. The number of methoxy groups -OCH3 is 1. The molecule has 4 rings (SSSR count). The van der Waals surface area contributed by atoms with Crippen LogP contribution in [0.3, 0.4) is 0 Å². The molecule has 3 aliphatic heterocycles. The third kappa shape index (κ3) is 4.64. The lowest BCUT2D eigenvalue weighted by Crippen LogP contribution is -2.62. The molecule has 138 valence electrons. The van der Waals surface area contributed by atoms with Crippen molar-refractivity contribution in [2.24, 2.45) is 4.99 Å². The van der Waals surface area contributed by atoms with Gasteiger partial charge >= 0.3 is 0 Å². The van der Waals surface area contributed by atoms with Crippen molar-refractivity contribution in [2.45, 2.75) is 19.5 Å². The quantitative estimate of drug-likeness (QED) is 0.618. The SMILES string of the molecule is CCNC(=NCC1CN2CCN1CC2)N(C)Cc1ccc(OC)cc1. The Labute approximate surface area is 151 Å². The Morgan fingerprint density at radius 3 is 2.52 bits per heavy atom. The lowest BCUT2D eigenvalue weighted by Gasteiger charge is -2.47. The van der Waals surface area contributed by atoms with Gasteiger partial charge in [-0.25, -0.2) is 0 Å². The van der Waals surface area contributed by atoms with Gasteiger partial charge in [0.25, 0.3) is 0 Å². The molecule has 6 nitrogen and oxygen atoms in total. The second-order valence-corrected chi connectivity index (χ2v) is 6.89. The molecule has 3 saturated heterocycles. The maximum absolute atomic E-state index is 5.23. The Hall–Kier alpha value is -1.79. The first-order valence-electron chi connectivity index (χ1n) is 9.28. The van der Waals surface area contributed by atoms with Crippen LogP contribution in [0.5, 0.6) is 5.75 Å². The van der Waals surface area contributed by atoms with E-state index in [1.807, 2.05) is 12.1 Å². The monoisotopic (exact) mass is 345 g/mol. The third-order valence-electron chi connectivity index (χ3n) is 5.12. The summed E-state index contributed by atoms with van der Waals surface area (Å²) in [6.07, 6.45) is 0. The summed E-state index contributed by atoms with van der Waals surface area (Å²) >= 11 is 0. The molecule has 3 aliphatic rings. The van der Waals surface area contributed by atoms with Gasteiger partial charge in [0.05, 0.1) is 13.7 Å². The Bertz CT molecular complexity index is 566. The number of nitrogens with zero attached hydrogens (tertiary/aromatic N) is 4. The van der Waals surface area contributed by atoms with Gasteiger partial charge in [-0.15, -0.1) is 0 Å². The number of piperazine rings is 3. The van der Waals surface area contributed by atoms with Crippen LogP contribution < -0.4 is 10.1 Å². The number of hydrogen-bond acceptors (Lipinski definition) is 4. The summed E-state index contributed by atoms with van der Waals surface area (Å²) in [6, 6.07) is 8.79. The molecular formula is C19H31N5O. The number of ether oxygens (including phenoxy) is 1. The second-order valence-electron chi connectivity index (χ2n) is 6.89. The van der Waals surface area contributed by atoms with Crippen LogP contribution in [0.2, 0.25) is 0 Å². The second kappa shape index (κ2) is 8.54. The van der Waals surface area contributed by atoms with Crippen LogP contribution in [0.1, 0.15) is 12.5 Å². The van der Waals surface area contributed by atoms with E-state index in [2.05, 4.69) is 46.1 Å². The zero-order valence-electron chi connectivity index (χ0n) is 15.7. The van der Waals surface area contributed by atoms with E-state index in [9.17, 15) is 0 Å². The van der Waals surface area contributed by atoms with Crippen molar-refractivity contribution in [1.82, 2.24) is 20.0 Å². The third-order valence-corrected chi connectivity index (χ3v) is 5.12. The predicted octanol–water partition coefficient (Wildman–Crippen LogP) is 1.09. The van der Waals surface area contributed by atoms with E-state index in [1.165, 1.54) is 31.7 Å². The van der Waals surface area contributed by atoms with Gasteiger partial charge in [-0.3, -0.25) is 14.8 Å². The number of guanidine groups is 1. The highest BCUT2D eigenvalue weighted by Crippen LogP contribution is 2.16. The average molecular weight is 345 g/mol. The fraction of sp³-hybridized carbons (Fsp3) is 0.632. The smallest absolute Gasteiger partial charge is 0.194 e. The highest BCUT2D eigenvalue weighted by Gasteiger charge is 2.31. The largest absolute Gasteiger partial charge is 0.497 e. The highest BCUT2D eigenvalue weighted by molar-refractivity contribution is 5.79. The topological polar surface area (TPSA) is 43.3 Å². The van der Waals surface area contributed by atoms with E-state index in [-0.39, 0.29) is 0 Å². The molecule has 3 fully saturated rings. The summed E-state index contributed by atoms with van der Waals surface area (Å²) in [5.41, 5.74) is 1.25. The zero-order chi connectivity index (χ0) is 17.6. The van der Waals surface area contributed by atoms with Gasteiger partial charge in [0.2, 0.25) is 0 Å². The van der Waals surface area contributed by atoms with Crippen molar-refractivity contribution >= 4 is 5.96 Å². The molecule has 0 amide bonds. The van der Waals surface area contributed by atoms with E-state index < -0.39 is 0 Å². The number of nitrogens with one attached hydrogen (secondary N) is 1. The van der Waals surface area contributed by atoms with Crippen molar-refractivity contribution in [1.29, 1.82) is 0 Å². The fourth-order valence-electron chi connectivity index (χ4n) is 3.64. The van der Waals surface area contributed by atoms with E-state index in [4.69, 9.17) is 9.73 Å². The predicted molar refractivity (Wildman–Crippen MR) is 102 cm³/mol. The van der Waals surface area contributed by atoms with Crippen LogP contribution in [-0.2, 0) is 6.54 Å². The minimum atomic E-state index is 0.561. The number of hydrogen-bond donors (Lipinski definition) is 1. The van der Waals surface area contributed by atoms with E-state index in [0.29, 0.717) is 6.04 Å². The molecule has 1 aromatic carbocycles. The zero-order valence-corrected chi connectivity index (χ0v) is 15.7. The molecule has 1 N–H and O–H groups in total. The van der Waals surface area contributed by atoms with Gasteiger partial charge in [0.15, 0.2) is 5.96 Å². The van der Waals surface area contributed by atoms with Gasteiger partial charge < -0.3 is 15.0 Å². The molecule has 1 aromatic rings. The van der Waals surface area contributed by atoms with Crippen LogP contribution in [-0.4, -0.2) is 86.7 Å². The minimum Gasteiger partial charge on any atom is -0.497 e. The standard InChI is InChI=1S/C19H31N5O/c1-4-20-19(21-13-17-15-23-9-11-24(17)12-10-23)22(2)14-16-5-7-18(25-3)8-6-16/h5-8,17H,4,9-15H2,1-3H3,(H,20,21). The molecule has 0 saturated carbocycles. The Morgan fingerprint density at radius 2 is 1.96 bits per heavy atom. The molecule has 0 spiro atoms. The van der Waals surface area contributed by atoms with Gasteiger partial charge in [0.1, 0.15) is 5.75 Å². The molecule has 0 aliphatic carbocycles. The molecule has 6 heteroatoms. The van der Waals surface area contributed by atoms with Gasteiger partial charge in [0, 0.05) is 58.9 Å². The van der Waals surface area contributed by atoms with Crippen LogP contribution in [0.25, 0.3) is 0 Å². The summed E-state index contributed by atoms with van der Waals surface area (Å²) in [5.74, 6) is 1.87. The number of fused-ring (bicyclic) bond motifs is 3. The first-order chi connectivity index (χ1) is 12.2. The van der Waals surface area contributed by atoms with Crippen molar-refractivity contribution in [2.75, 3.05) is 60.0 Å². The van der Waals surface area contributed by atoms with Crippen molar-refractivity contribution < 1.29 is 4.74 Å². The first kappa shape index (κ1) is 18.0. The van der Waals surface area contributed by atoms with Gasteiger partial charge in [-0.2, -0.15) is 0 Å². The van der Waals surface area contributed by atoms with E-state index in [0.717, 1.165) is 37.9 Å². The van der Waals surface area contributed by atoms with Crippen molar-refractivity contribution in [3.8, 4) is 5.75 Å². The summed E-state index contributed by atoms with van der Waals surface area (Å²) in [7, 11) is 3.80. The van der Waals surface area contributed by atoms with Gasteiger partial charge in [-0.1, -0.05) is 12.1 Å². The highest BCUT2D eigenvalue weighted by atomic mass is 16.5. The summed E-state index contributed by atoms with van der Waals surface area (Å²) in [4.78, 5) is 12.3. The maximum atomic E-state index is 5.23. The molecule has 0 radical (unpaired) electrons. The first-order valence-corrected chi connectivity index (χ1v) is 9.28. The minimum absolute atomic E-state index is 0.561. The Kier molecular flexibility index (Phi) is 6.15. The normalized spacial score (nSPS) is 25.7. The maximum Gasteiger partial charge on any atom is 0.194 e. The van der Waals surface area contributed by atoms with Crippen LogP contribution >= 0.6 is 0 Å². The fourth-order valence-corrected chi connectivity index (χ4v) is 3.64. The lowest BCUT2D eigenvalue weighted by atomic mass is 10.1. The summed E-state index contributed by atoms with van der Waals surface area (Å²) in [6.45, 7) is 10.7. The molecule has 2 bridgehead atoms. The van der Waals surface area contributed by atoms with Crippen LogP contribution in [0.4, 0.5) is 0 Å². The van der Waals surface area contributed by atoms with Crippen LogP contribution in [0.15, 0.2) is 29.3 Å². The van der Waals surface area contributed by atoms with Gasteiger partial charge in [-0.05, 0) is 24.6 Å². The lowest BCUT2D eigenvalue weighted by molar-refractivity contribution is 0.0173. The molecule has 1 atom stereocenters. The number of rotatable bonds is 6. The average Bonchev–Trinajstić information content (AvgIpc) is 2.66. The van der Waals surface area contributed by atoms with Crippen molar-refractivity contribution in [3.05, 3.63) is 29.8 Å². The van der Waals surface area contributed by atoms with Crippen LogP contribution in [0, 0.1) is 0 Å². The van der Waals surface area contributed by atoms with Crippen molar-refractivity contribution in [3.63, 3.8) is 0 Å². The Balaban J connectivity index is 1.60. The van der Waals surface area contributed by atoms with E-state index in [1.54, 1.807) is 7.11 Å².